The predicted octanol–water partition coefficient (Wildman–Crippen LogP) is 6.52. The summed E-state index contributed by atoms with van der Waals surface area (Å²) in [5, 5.41) is 11.6. The normalized spacial score (nSPS) is 14.6. The highest BCUT2D eigenvalue weighted by atomic mass is 16.3. The van der Waals surface area contributed by atoms with E-state index in [2.05, 4.69) is 102 Å². The van der Waals surface area contributed by atoms with Gasteiger partial charge in [0.2, 0.25) is 0 Å². The molecule has 9 rings (SSSR count). The lowest BCUT2D eigenvalue weighted by molar-refractivity contribution is 0.663. The maximum atomic E-state index is 6.57. The molecular formula is C32H26N6O. The monoisotopic (exact) mass is 510 g/mol. The Hall–Kier alpha value is -4.78. The first-order valence-electron chi connectivity index (χ1n) is 13.8. The van der Waals surface area contributed by atoms with Crippen molar-refractivity contribution in [1.82, 2.24) is 28.7 Å². The molecule has 0 unspecified atom stereocenters. The van der Waals surface area contributed by atoms with Gasteiger partial charge in [0.05, 0.1) is 5.69 Å². The van der Waals surface area contributed by atoms with E-state index in [0.29, 0.717) is 0 Å². The van der Waals surface area contributed by atoms with Crippen LogP contribution in [0, 0.1) is 0 Å². The van der Waals surface area contributed by atoms with Crippen LogP contribution in [0.15, 0.2) is 89.9 Å². The first kappa shape index (κ1) is 21.2. The summed E-state index contributed by atoms with van der Waals surface area (Å²) in [5.41, 5.74) is 9.09. The molecule has 0 bridgehead atoms. The number of fused-ring (bicyclic) bond motifs is 9. The van der Waals surface area contributed by atoms with Crippen LogP contribution in [0.3, 0.4) is 0 Å². The number of aromatic nitrogens is 6. The number of furan rings is 1. The summed E-state index contributed by atoms with van der Waals surface area (Å²) < 4.78 is 15.3. The Balaban J connectivity index is 1.23. The van der Waals surface area contributed by atoms with Gasteiger partial charge in [0.25, 0.3) is 0 Å². The summed E-state index contributed by atoms with van der Waals surface area (Å²) in [5.74, 6) is 2.26. The van der Waals surface area contributed by atoms with E-state index in [4.69, 9.17) is 4.42 Å². The van der Waals surface area contributed by atoms with Gasteiger partial charge in [-0.2, -0.15) is 10.2 Å². The zero-order valence-corrected chi connectivity index (χ0v) is 21.4. The predicted molar refractivity (Wildman–Crippen MR) is 151 cm³/mol. The van der Waals surface area contributed by atoms with E-state index < -0.39 is 0 Å². The third-order valence-corrected chi connectivity index (χ3v) is 8.48. The second-order valence-electron chi connectivity index (χ2n) is 10.7. The molecule has 7 nitrogen and oxygen atoms in total. The van der Waals surface area contributed by atoms with Crippen molar-refractivity contribution in [2.24, 2.45) is 0 Å². The summed E-state index contributed by atoms with van der Waals surface area (Å²) in [6.07, 6.45) is 14.6. The molecule has 0 saturated heterocycles. The first-order chi connectivity index (χ1) is 19.3. The Morgan fingerprint density at radius 2 is 1.33 bits per heavy atom. The van der Waals surface area contributed by atoms with Crippen LogP contribution in [0.25, 0.3) is 44.9 Å². The van der Waals surface area contributed by atoms with Gasteiger partial charge in [-0.05, 0) is 98.2 Å². The molecule has 0 atom stereocenters. The van der Waals surface area contributed by atoms with Gasteiger partial charge in [0.15, 0.2) is 5.58 Å². The standard InChI is InChI=1S/C32H26N6O/c1-4-21-14-18-35(31(21)37-23(6-1)12-16-33-37)25-10-11-29-27(20-25)26-8-3-9-28(30(26)39-29)36-19-15-22-5-2-7-24-13-17-34-38(24)32(22)36/h3,8-20H,1-2,4-7H2. The van der Waals surface area contributed by atoms with Crippen LogP contribution < -0.4 is 0 Å². The summed E-state index contributed by atoms with van der Waals surface area (Å²) >= 11 is 0. The van der Waals surface area contributed by atoms with Crippen LogP contribution in [-0.4, -0.2) is 28.7 Å². The van der Waals surface area contributed by atoms with E-state index in [1.807, 2.05) is 12.4 Å². The SMILES string of the molecule is c1cc(-n2ccc3c2-n2nccc2CCC3)c2oc3ccc(-n4ccc5c4-n4nccc4CCC5)cc3c2c1. The molecule has 7 heteroatoms. The maximum absolute atomic E-state index is 6.57. The average molecular weight is 511 g/mol. The van der Waals surface area contributed by atoms with E-state index >= 15 is 0 Å². The smallest absolute Gasteiger partial charge is 0.159 e. The molecule has 0 amide bonds. The summed E-state index contributed by atoms with van der Waals surface area (Å²) in [7, 11) is 0. The summed E-state index contributed by atoms with van der Waals surface area (Å²) in [6, 6.07) is 21.7. The van der Waals surface area contributed by atoms with Gasteiger partial charge in [-0.3, -0.25) is 4.57 Å². The molecule has 39 heavy (non-hydrogen) atoms. The van der Waals surface area contributed by atoms with Gasteiger partial charge in [0.1, 0.15) is 17.2 Å². The van der Waals surface area contributed by atoms with Crippen LogP contribution >= 0.6 is 0 Å². The van der Waals surface area contributed by atoms with Crippen molar-refractivity contribution in [3.63, 3.8) is 0 Å². The Bertz CT molecular complexity index is 2040. The topological polar surface area (TPSA) is 58.6 Å². The zero-order valence-electron chi connectivity index (χ0n) is 21.4. The van der Waals surface area contributed by atoms with Crippen molar-refractivity contribution in [3.05, 3.63) is 108 Å². The fraction of sp³-hybridized carbons (Fsp3) is 0.188. The fourth-order valence-electron chi connectivity index (χ4n) is 6.65. The van der Waals surface area contributed by atoms with Gasteiger partial charge in [0, 0.05) is 52.6 Å². The molecule has 0 aliphatic carbocycles. The molecule has 2 aliphatic rings. The van der Waals surface area contributed by atoms with Crippen LogP contribution in [0.4, 0.5) is 0 Å². The number of benzene rings is 2. The molecule has 190 valence electrons. The second kappa shape index (κ2) is 7.86. The Morgan fingerprint density at radius 1 is 0.641 bits per heavy atom. The summed E-state index contributed by atoms with van der Waals surface area (Å²) in [4.78, 5) is 0. The summed E-state index contributed by atoms with van der Waals surface area (Å²) in [6.45, 7) is 0. The van der Waals surface area contributed by atoms with Crippen molar-refractivity contribution in [1.29, 1.82) is 0 Å². The van der Waals surface area contributed by atoms with Gasteiger partial charge in [-0.1, -0.05) is 12.1 Å². The Kier molecular flexibility index (Phi) is 4.27. The van der Waals surface area contributed by atoms with Crippen molar-refractivity contribution < 1.29 is 4.42 Å². The fourth-order valence-corrected chi connectivity index (χ4v) is 6.65. The molecule has 7 heterocycles. The average Bonchev–Trinajstić information content (AvgIpc) is 3.77. The highest BCUT2D eigenvalue weighted by molar-refractivity contribution is 6.08. The highest BCUT2D eigenvalue weighted by Gasteiger charge is 2.23. The van der Waals surface area contributed by atoms with E-state index in [1.165, 1.54) is 22.5 Å². The van der Waals surface area contributed by atoms with Gasteiger partial charge >= 0.3 is 0 Å². The lowest BCUT2D eigenvalue weighted by Gasteiger charge is -2.12. The number of hydrogen-bond acceptors (Lipinski definition) is 3. The van der Waals surface area contributed by atoms with Crippen molar-refractivity contribution in [3.8, 4) is 23.0 Å². The lowest BCUT2D eigenvalue weighted by Crippen LogP contribution is -2.08. The number of nitrogens with zero attached hydrogens (tertiary/aromatic N) is 6. The Morgan fingerprint density at radius 3 is 2.08 bits per heavy atom. The van der Waals surface area contributed by atoms with Gasteiger partial charge < -0.3 is 8.98 Å². The maximum Gasteiger partial charge on any atom is 0.159 e. The van der Waals surface area contributed by atoms with Crippen LogP contribution in [0.5, 0.6) is 0 Å². The van der Waals surface area contributed by atoms with Crippen LogP contribution in [0.1, 0.15) is 35.4 Å². The molecular weight excluding hydrogens is 484 g/mol. The minimum absolute atomic E-state index is 0.886. The second-order valence-corrected chi connectivity index (χ2v) is 10.7. The molecule has 2 aliphatic heterocycles. The van der Waals surface area contributed by atoms with Crippen molar-refractivity contribution in [2.45, 2.75) is 38.5 Å². The Labute approximate surface area is 224 Å². The number of para-hydroxylation sites is 1. The van der Waals surface area contributed by atoms with Crippen LogP contribution in [-0.2, 0) is 25.7 Å². The van der Waals surface area contributed by atoms with E-state index in [9.17, 15) is 0 Å². The van der Waals surface area contributed by atoms with Crippen molar-refractivity contribution >= 4 is 21.9 Å². The molecule has 0 fully saturated rings. The molecule has 0 N–H and O–H groups in total. The molecule has 2 aromatic carbocycles. The highest BCUT2D eigenvalue weighted by Crippen LogP contribution is 2.37. The number of rotatable bonds is 2. The number of aryl methyl sites for hydroxylation is 4. The molecule has 0 spiro atoms. The van der Waals surface area contributed by atoms with E-state index in [0.717, 1.165) is 83.5 Å². The largest absolute Gasteiger partial charge is 0.454 e. The van der Waals surface area contributed by atoms with E-state index in [-0.39, 0.29) is 0 Å². The van der Waals surface area contributed by atoms with Crippen molar-refractivity contribution in [2.75, 3.05) is 0 Å². The molecule has 5 aromatic heterocycles. The van der Waals surface area contributed by atoms with Crippen LogP contribution in [0.2, 0.25) is 0 Å². The molecule has 0 saturated carbocycles. The van der Waals surface area contributed by atoms with Gasteiger partial charge in [-0.25, -0.2) is 9.36 Å². The van der Waals surface area contributed by atoms with E-state index in [1.54, 1.807) is 0 Å². The molecule has 0 radical (unpaired) electrons. The lowest BCUT2D eigenvalue weighted by atomic mass is 10.1. The minimum atomic E-state index is 0.886. The quantitative estimate of drug-likeness (QED) is 0.266. The third kappa shape index (κ3) is 2.98. The minimum Gasteiger partial charge on any atom is -0.454 e. The zero-order chi connectivity index (χ0) is 25.5. The molecule has 7 aromatic rings. The van der Waals surface area contributed by atoms with Gasteiger partial charge in [-0.15, -0.1) is 0 Å². The first-order valence-corrected chi connectivity index (χ1v) is 13.8. The third-order valence-electron chi connectivity index (χ3n) is 8.48. The number of hydrogen-bond donors (Lipinski definition) is 0.